The Bertz CT molecular complexity index is 1280. The summed E-state index contributed by atoms with van der Waals surface area (Å²) in [7, 11) is -3.80. The molecule has 0 saturated heterocycles. The van der Waals surface area contributed by atoms with Gasteiger partial charge in [0, 0.05) is 13.3 Å². The summed E-state index contributed by atoms with van der Waals surface area (Å²) in [6.07, 6.45) is 10.1. The van der Waals surface area contributed by atoms with Gasteiger partial charge in [0.25, 0.3) is 0 Å². The summed E-state index contributed by atoms with van der Waals surface area (Å²) >= 11 is 0. The van der Waals surface area contributed by atoms with E-state index in [-0.39, 0.29) is 46.1 Å². The highest BCUT2D eigenvalue weighted by Crippen LogP contribution is 2.67. The molecule has 7 heteroatoms. The van der Waals surface area contributed by atoms with Crippen molar-refractivity contribution < 1.29 is 27.9 Å². The average molecular weight is 571 g/mol. The predicted octanol–water partition coefficient (Wildman–Crippen LogP) is 6.76. The van der Waals surface area contributed by atoms with Crippen molar-refractivity contribution in [3.63, 3.8) is 0 Å². The molecule has 1 N–H and O–H groups in total. The van der Waals surface area contributed by atoms with Gasteiger partial charge < -0.3 is 9.84 Å². The number of aryl methyl sites for hydroxylation is 1. The minimum atomic E-state index is -3.80. The van der Waals surface area contributed by atoms with Crippen LogP contribution in [0.4, 0.5) is 0 Å². The molecule has 40 heavy (non-hydrogen) atoms. The largest absolute Gasteiger partial charge is 0.481 e. The van der Waals surface area contributed by atoms with Gasteiger partial charge in [-0.25, -0.2) is 8.42 Å². The highest BCUT2D eigenvalue weighted by atomic mass is 32.2. The van der Waals surface area contributed by atoms with Crippen molar-refractivity contribution in [1.82, 2.24) is 0 Å². The maximum absolute atomic E-state index is 13.9. The van der Waals surface area contributed by atoms with Gasteiger partial charge in [-0.2, -0.15) is 0 Å². The third kappa shape index (κ3) is 4.94. The van der Waals surface area contributed by atoms with Crippen molar-refractivity contribution in [1.29, 1.82) is 0 Å². The lowest BCUT2D eigenvalue weighted by atomic mass is 9.47. The van der Waals surface area contributed by atoms with Crippen LogP contribution in [0.3, 0.4) is 0 Å². The van der Waals surface area contributed by atoms with Crippen LogP contribution in [0.1, 0.15) is 91.0 Å². The van der Waals surface area contributed by atoms with E-state index < -0.39 is 21.1 Å². The van der Waals surface area contributed by atoms with E-state index in [1.807, 2.05) is 13.8 Å². The molecule has 0 radical (unpaired) electrons. The van der Waals surface area contributed by atoms with Crippen LogP contribution < -0.4 is 0 Å². The summed E-state index contributed by atoms with van der Waals surface area (Å²) in [5.41, 5.74) is 2.56. The Balaban J connectivity index is 1.40. The highest BCUT2D eigenvalue weighted by Gasteiger charge is 2.60. The van der Waals surface area contributed by atoms with E-state index in [9.17, 15) is 23.1 Å². The number of hydrogen-bond donors (Lipinski definition) is 1. The molecule has 0 spiro atoms. The Labute approximate surface area is 239 Å². The lowest BCUT2D eigenvalue weighted by Crippen LogP contribution is -2.51. The van der Waals surface area contributed by atoms with Crippen molar-refractivity contribution in [3.8, 4) is 0 Å². The Kier molecular flexibility index (Phi) is 7.78. The number of rotatable bonds is 7. The van der Waals surface area contributed by atoms with Crippen LogP contribution in [-0.4, -0.2) is 36.8 Å². The monoisotopic (exact) mass is 570 g/mol. The van der Waals surface area contributed by atoms with E-state index in [2.05, 4.69) is 19.9 Å². The van der Waals surface area contributed by atoms with Gasteiger partial charge in [-0.05, 0) is 104 Å². The number of benzene rings is 1. The smallest absolute Gasteiger partial charge is 0.304 e. The first kappa shape index (κ1) is 29.3. The summed E-state index contributed by atoms with van der Waals surface area (Å²) < 4.78 is 33.3. The van der Waals surface area contributed by atoms with Crippen molar-refractivity contribution in [3.05, 3.63) is 41.5 Å². The summed E-state index contributed by atoms with van der Waals surface area (Å²) in [5, 5.41) is 8.84. The van der Waals surface area contributed by atoms with Gasteiger partial charge in [-0.1, -0.05) is 50.1 Å². The maximum Gasteiger partial charge on any atom is 0.304 e. The van der Waals surface area contributed by atoms with Crippen LogP contribution in [0.25, 0.3) is 0 Å². The van der Waals surface area contributed by atoms with Crippen molar-refractivity contribution >= 4 is 21.8 Å². The topological polar surface area (TPSA) is 97.7 Å². The first-order chi connectivity index (χ1) is 18.8. The molecule has 0 aliphatic heterocycles. The second-order valence-corrected chi connectivity index (χ2v) is 16.0. The number of ether oxygens (including phenoxy) is 1. The number of carboxylic acid groups (broad SMARTS) is 1. The molecule has 3 fully saturated rings. The zero-order chi connectivity index (χ0) is 29.0. The third-order valence-electron chi connectivity index (χ3n) is 11.8. The van der Waals surface area contributed by atoms with E-state index in [1.165, 1.54) is 12.5 Å². The molecule has 4 aliphatic rings. The molecule has 0 heterocycles. The predicted molar refractivity (Wildman–Crippen MR) is 154 cm³/mol. The molecule has 9 atom stereocenters. The van der Waals surface area contributed by atoms with Gasteiger partial charge in [-0.15, -0.1) is 0 Å². The summed E-state index contributed by atoms with van der Waals surface area (Å²) in [5.74, 6) is 0.309. The van der Waals surface area contributed by atoms with Gasteiger partial charge in [0.2, 0.25) is 0 Å². The molecule has 1 unspecified atom stereocenters. The first-order valence-electron chi connectivity index (χ1n) is 15.2. The fraction of sp³-hybridized carbons (Fsp3) is 0.697. The molecule has 3 saturated carbocycles. The van der Waals surface area contributed by atoms with Gasteiger partial charge in [0.05, 0.1) is 16.6 Å². The van der Waals surface area contributed by atoms with Gasteiger partial charge in [-0.3, -0.25) is 9.59 Å². The minimum Gasteiger partial charge on any atom is -0.481 e. The number of carbonyl (C=O) groups excluding carboxylic acids is 1. The summed E-state index contributed by atoms with van der Waals surface area (Å²) in [4.78, 5) is 23.8. The number of carbonyl (C=O) groups is 2. The number of sulfone groups is 1. The quantitative estimate of drug-likeness (QED) is 0.287. The van der Waals surface area contributed by atoms with E-state index in [4.69, 9.17) is 4.74 Å². The molecular weight excluding hydrogens is 524 g/mol. The molecule has 6 nitrogen and oxygen atoms in total. The van der Waals surface area contributed by atoms with Gasteiger partial charge >= 0.3 is 11.9 Å². The van der Waals surface area contributed by atoms with Crippen molar-refractivity contribution in [2.24, 2.45) is 40.4 Å². The molecule has 0 amide bonds. The van der Waals surface area contributed by atoms with Gasteiger partial charge in [0.15, 0.2) is 9.84 Å². The highest BCUT2D eigenvalue weighted by molar-refractivity contribution is 7.92. The molecule has 4 aliphatic carbocycles. The van der Waals surface area contributed by atoms with Crippen molar-refractivity contribution in [2.75, 3.05) is 0 Å². The van der Waals surface area contributed by atoms with Crippen LogP contribution in [-0.2, 0) is 24.2 Å². The van der Waals surface area contributed by atoms with Crippen molar-refractivity contribution in [2.45, 2.75) is 109 Å². The molecule has 0 aromatic heterocycles. The lowest BCUT2D eigenvalue weighted by molar-refractivity contribution is -0.148. The maximum atomic E-state index is 13.9. The van der Waals surface area contributed by atoms with E-state index in [1.54, 1.807) is 24.3 Å². The first-order valence-corrected chi connectivity index (χ1v) is 16.7. The van der Waals surface area contributed by atoms with E-state index >= 15 is 0 Å². The second-order valence-electron chi connectivity index (χ2n) is 13.8. The molecular formula is C33H46O6S. The van der Waals surface area contributed by atoms with Crippen LogP contribution in [0.2, 0.25) is 0 Å². The average Bonchev–Trinajstić information content (AvgIpc) is 3.24. The number of carboxylic acids is 1. The fourth-order valence-electron chi connectivity index (χ4n) is 9.78. The SMILES string of the molecule is CC(=O)O[C@H]1CC[C@@]2(C)C(=CC[C@H]3[C@@H]4CC[C@H]([C@H](C)C(CC(=O)O)S(=O)(=O)c5ccc(C)cc5)[C@@]4(C)CC[C@@H]32)C1. The van der Waals surface area contributed by atoms with E-state index in [0.29, 0.717) is 17.8 Å². The summed E-state index contributed by atoms with van der Waals surface area (Å²) in [6, 6.07) is 6.82. The number of allylic oxidation sites excluding steroid dienone is 1. The minimum absolute atomic E-state index is 0.00320. The normalized spacial score (nSPS) is 36.8. The van der Waals surface area contributed by atoms with Gasteiger partial charge in [0.1, 0.15) is 6.10 Å². The second kappa shape index (κ2) is 10.6. The Morgan fingerprint density at radius 2 is 1.75 bits per heavy atom. The summed E-state index contributed by atoms with van der Waals surface area (Å²) in [6.45, 7) is 10.2. The molecule has 1 aromatic rings. The number of hydrogen-bond acceptors (Lipinski definition) is 5. The van der Waals surface area contributed by atoms with Crippen LogP contribution in [0.15, 0.2) is 40.8 Å². The fourth-order valence-corrected chi connectivity index (χ4v) is 11.8. The zero-order valence-corrected chi connectivity index (χ0v) is 25.5. The molecule has 220 valence electrons. The molecule has 0 bridgehead atoms. The zero-order valence-electron chi connectivity index (χ0n) is 24.7. The van der Waals surface area contributed by atoms with E-state index in [0.717, 1.165) is 56.9 Å². The lowest BCUT2D eigenvalue weighted by Gasteiger charge is -2.58. The van der Waals surface area contributed by atoms with Crippen LogP contribution in [0.5, 0.6) is 0 Å². The Hall–Kier alpha value is -2.15. The number of fused-ring (bicyclic) bond motifs is 5. The number of esters is 1. The number of aliphatic carboxylic acids is 1. The Morgan fingerprint density at radius 1 is 1.05 bits per heavy atom. The molecule has 5 rings (SSSR count). The standard InChI is InChI=1S/C33H46O6S/c1-20-6-9-25(10-7-20)40(37,38)30(19-31(35)36)21(2)27-12-13-28-26-11-8-23-18-24(39-22(3)34)14-16-32(23,4)29(26)15-17-33(27,28)5/h6-10,21,24,26-30H,11-19H2,1-5H3,(H,35,36)/t21-,24-,26-,27+,28-,29-,30?,32-,33+/m0/s1. The third-order valence-corrected chi connectivity index (χ3v) is 14.1. The van der Waals surface area contributed by atoms with Crippen LogP contribution >= 0.6 is 0 Å². The van der Waals surface area contributed by atoms with Crippen LogP contribution in [0, 0.1) is 47.3 Å². The molecule has 1 aromatic carbocycles. The Morgan fingerprint density at radius 3 is 2.40 bits per heavy atom.